The Morgan fingerprint density at radius 2 is 1.92 bits per heavy atom. The van der Waals surface area contributed by atoms with Gasteiger partial charge in [0.2, 0.25) is 10.0 Å². The van der Waals surface area contributed by atoms with E-state index in [4.69, 9.17) is 4.74 Å². The van der Waals surface area contributed by atoms with Crippen LogP contribution in [0.4, 0.5) is 5.69 Å². The molecular weight excluding hydrogens is 356 g/mol. The van der Waals surface area contributed by atoms with Crippen LogP contribution in [0.15, 0.2) is 53.4 Å². The fourth-order valence-electron chi connectivity index (χ4n) is 2.67. The Labute approximate surface area is 152 Å². The number of sulfonamides is 1. The summed E-state index contributed by atoms with van der Waals surface area (Å²) in [6, 6.07) is 12.3. The minimum absolute atomic E-state index is 0.0464. The third-order valence-electron chi connectivity index (χ3n) is 4.07. The standard InChI is InChI=1S/C18H20N2O5S/c1-12-3-2-4-13(11-12)17(21)19-14-5-7-15(8-6-14)26(23,24)20-16-9-10-25-18(16)22/h2-8,11,16,18,20,22H,9-10H2,1H3,(H,19,21)/t16-,18-/m0/s1. The normalized spacial score (nSPS) is 20.1. The zero-order valence-corrected chi connectivity index (χ0v) is 15.0. The van der Waals surface area contributed by atoms with Crippen molar-refractivity contribution in [1.29, 1.82) is 0 Å². The zero-order chi connectivity index (χ0) is 18.7. The SMILES string of the molecule is Cc1cccc(C(=O)Nc2ccc(S(=O)(=O)N[C@H]3CCO[C@@H]3O)cc2)c1. The van der Waals surface area contributed by atoms with Crippen LogP contribution in [0.25, 0.3) is 0 Å². The van der Waals surface area contributed by atoms with Gasteiger partial charge in [0.1, 0.15) is 0 Å². The fraction of sp³-hybridized carbons (Fsp3) is 0.278. The molecule has 0 aromatic heterocycles. The van der Waals surface area contributed by atoms with Crippen molar-refractivity contribution in [3.63, 3.8) is 0 Å². The first-order valence-electron chi connectivity index (χ1n) is 8.15. The summed E-state index contributed by atoms with van der Waals surface area (Å²) in [5, 5.41) is 12.3. The predicted octanol–water partition coefficient (Wildman–Crippen LogP) is 1.63. The summed E-state index contributed by atoms with van der Waals surface area (Å²) in [4.78, 5) is 12.3. The van der Waals surface area contributed by atoms with Gasteiger partial charge in [-0.25, -0.2) is 13.1 Å². The summed E-state index contributed by atoms with van der Waals surface area (Å²) >= 11 is 0. The molecule has 0 spiro atoms. The zero-order valence-electron chi connectivity index (χ0n) is 14.2. The highest BCUT2D eigenvalue weighted by molar-refractivity contribution is 7.89. The molecule has 7 nitrogen and oxygen atoms in total. The number of hydrogen-bond donors (Lipinski definition) is 3. The maximum absolute atomic E-state index is 12.4. The van der Waals surface area contributed by atoms with Crippen LogP contribution in [0.5, 0.6) is 0 Å². The van der Waals surface area contributed by atoms with Gasteiger partial charge in [0, 0.05) is 11.3 Å². The van der Waals surface area contributed by atoms with Crippen molar-refractivity contribution in [2.75, 3.05) is 11.9 Å². The lowest BCUT2D eigenvalue weighted by molar-refractivity contribution is -0.0686. The monoisotopic (exact) mass is 376 g/mol. The summed E-state index contributed by atoms with van der Waals surface area (Å²) in [5.74, 6) is -0.270. The van der Waals surface area contributed by atoms with Gasteiger partial charge >= 0.3 is 0 Å². The first kappa shape index (κ1) is 18.5. The molecular formula is C18H20N2O5S. The Kier molecular flexibility index (Phi) is 5.38. The van der Waals surface area contributed by atoms with Crippen LogP contribution in [-0.2, 0) is 14.8 Å². The average molecular weight is 376 g/mol. The molecule has 1 aliphatic rings. The van der Waals surface area contributed by atoms with Crippen LogP contribution < -0.4 is 10.0 Å². The number of hydrogen-bond acceptors (Lipinski definition) is 5. The van der Waals surface area contributed by atoms with Gasteiger partial charge in [-0.3, -0.25) is 4.79 Å². The van der Waals surface area contributed by atoms with E-state index in [1.165, 1.54) is 24.3 Å². The fourth-order valence-corrected chi connectivity index (χ4v) is 3.93. The number of rotatable bonds is 5. The van der Waals surface area contributed by atoms with Crippen LogP contribution in [0.1, 0.15) is 22.3 Å². The van der Waals surface area contributed by atoms with Crippen LogP contribution in [0, 0.1) is 6.92 Å². The molecule has 138 valence electrons. The molecule has 8 heteroatoms. The van der Waals surface area contributed by atoms with E-state index in [1.807, 2.05) is 13.0 Å². The molecule has 0 bridgehead atoms. The Morgan fingerprint density at radius 3 is 2.54 bits per heavy atom. The van der Waals surface area contributed by atoms with E-state index in [9.17, 15) is 18.3 Å². The largest absolute Gasteiger partial charge is 0.367 e. The van der Waals surface area contributed by atoms with Crippen LogP contribution in [0.2, 0.25) is 0 Å². The summed E-state index contributed by atoms with van der Waals surface area (Å²) in [6.07, 6.45) is -0.733. The molecule has 2 atom stereocenters. The molecule has 1 aliphatic heterocycles. The molecule has 0 aliphatic carbocycles. The van der Waals surface area contributed by atoms with Crippen molar-refractivity contribution in [3.8, 4) is 0 Å². The summed E-state index contributed by atoms with van der Waals surface area (Å²) < 4.78 is 32.1. The Bertz CT molecular complexity index is 896. The number of aliphatic hydroxyl groups is 1. The van der Waals surface area contributed by atoms with Gasteiger partial charge in [-0.1, -0.05) is 17.7 Å². The van der Waals surface area contributed by atoms with Crippen LogP contribution in [0.3, 0.4) is 0 Å². The first-order valence-corrected chi connectivity index (χ1v) is 9.63. The van der Waals surface area contributed by atoms with E-state index in [-0.39, 0.29) is 10.8 Å². The quantitative estimate of drug-likeness (QED) is 0.736. The summed E-state index contributed by atoms with van der Waals surface area (Å²) in [5.41, 5.74) is 1.99. The van der Waals surface area contributed by atoms with Crippen molar-refractivity contribution < 1.29 is 23.1 Å². The van der Waals surface area contributed by atoms with Gasteiger partial charge in [0.25, 0.3) is 5.91 Å². The highest BCUT2D eigenvalue weighted by Gasteiger charge is 2.30. The van der Waals surface area contributed by atoms with Gasteiger partial charge < -0.3 is 15.2 Å². The van der Waals surface area contributed by atoms with E-state index < -0.39 is 22.4 Å². The number of aryl methyl sites for hydroxylation is 1. The Hall–Kier alpha value is -2.26. The molecule has 1 heterocycles. The second-order valence-electron chi connectivity index (χ2n) is 6.13. The number of amides is 1. The molecule has 0 radical (unpaired) electrons. The number of benzene rings is 2. The lowest BCUT2D eigenvalue weighted by Gasteiger charge is -2.15. The van der Waals surface area contributed by atoms with Crippen molar-refractivity contribution >= 4 is 21.6 Å². The third-order valence-corrected chi connectivity index (χ3v) is 5.58. The molecule has 3 N–H and O–H groups in total. The molecule has 1 amide bonds. The number of carbonyl (C=O) groups excluding carboxylic acids is 1. The van der Waals surface area contributed by atoms with Crippen molar-refractivity contribution in [2.24, 2.45) is 0 Å². The van der Waals surface area contributed by atoms with Crippen molar-refractivity contribution in [1.82, 2.24) is 4.72 Å². The maximum atomic E-state index is 12.4. The molecule has 1 fully saturated rings. The minimum Gasteiger partial charge on any atom is -0.367 e. The van der Waals surface area contributed by atoms with Crippen LogP contribution >= 0.6 is 0 Å². The topological polar surface area (TPSA) is 105 Å². The molecule has 1 saturated heterocycles. The van der Waals surface area contributed by atoms with Gasteiger partial charge in [0.05, 0.1) is 17.5 Å². The molecule has 0 unspecified atom stereocenters. The van der Waals surface area contributed by atoms with Crippen molar-refractivity contribution in [2.45, 2.75) is 30.6 Å². The second kappa shape index (κ2) is 7.55. The number of carbonyl (C=O) groups is 1. The molecule has 0 saturated carbocycles. The van der Waals surface area contributed by atoms with Gasteiger partial charge in [0.15, 0.2) is 6.29 Å². The minimum atomic E-state index is -3.78. The summed E-state index contributed by atoms with van der Waals surface area (Å²) in [7, 11) is -3.78. The molecule has 2 aromatic rings. The number of nitrogens with one attached hydrogen (secondary N) is 2. The van der Waals surface area contributed by atoms with E-state index in [2.05, 4.69) is 10.0 Å². The van der Waals surface area contributed by atoms with Gasteiger partial charge in [-0.05, 0) is 49.7 Å². The lowest BCUT2D eigenvalue weighted by atomic mass is 10.1. The van der Waals surface area contributed by atoms with E-state index >= 15 is 0 Å². The molecule has 26 heavy (non-hydrogen) atoms. The lowest BCUT2D eigenvalue weighted by Crippen LogP contribution is -2.40. The third kappa shape index (κ3) is 4.28. The van der Waals surface area contributed by atoms with E-state index in [1.54, 1.807) is 18.2 Å². The number of anilines is 1. The predicted molar refractivity (Wildman–Crippen MR) is 96.3 cm³/mol. The highest BCUT2D eigenvalue weighted by atomic mass is 32.2. The Balaban J connectivity index is 1.69. The number of ether oxygens (including phenoxy) is 1. The molecule has 2 aromatic carbocycles. The van der Waals surface area contributed by atoms with E-state index in [0.717, 1.165) is 5.56 Å². The first-order chi connectivity index (χ1) is 12.3. The smallest absolute Gasteiger partial charge is 0.255 e. The highest BCUT2D eigenvalue weighted by Crippen LogP contribution is 2.18. The van der Waals surface area contributed by atoms with Crippen LogP contribution in [-0.4, -0.2) is 38.4 Å². The van der Waals surface area contributed by atoms with Crippen molar-refractivity contribution in [3.05, 3.63) is 59.7 Å². The van der Waals surface area contributed by atoms with E-state index in [0.29, 0.717) is 24.3 Å². The molecule has 3 rings (SSSR count). The Morgan fingerprint density at radius 1 is 1.19 bits per heavy atom. The average Bonchev–Trinajstić information content (AvgIpc) is 2.99. The van der Waals surface area contributed by atoms with Gasteiger partial charge in [-0.2, -0.15) is 0 Å². The van der Waals surface area contributed by atoms with Gasteiger partial charge in [-0.15, -0.1) is 0 Å². The second-order valence-corrected chi connectivity index (χ2v) is 7.84. The maximum Gasteiger partial charge on any atom is 0.255 e. The number of aliphatic hydroxyl groups excluding tert-OH is 1. The summed E-state index contributed by atoms with van der Waals surface area (Å²) in [6.45, 7) is 2.20.